The van der Waals surface area contributed by atoms with E-state index in [1.54, 1.807) is 30.3 Å². The Morgan fingerprint density at radius 3 is 2.44 bits per heavy atom. The summed E-state index contributed by atoms with van der Waals surface area (Å²) in [6, 6.07) is 12.4. The number of hydrogen-bond donors (Lipinski definition) is 1. The molecule has 12 heteroatoms. The molecule has 2 aromatic rings. The first-order valence-corrected chi connectivity index (χ1v) is 10.9. The number of quaternary nitrogens is 1. The molecule has 2 aromatic carbocycles. The number of hydrogen-bond acceptors (Lipinski definition) is 8. The van der Waals surface area contributed by atoms with E-state index < -0.39 is 53.8 Å². The number of amides is 1. The predicted molar refractivity (Wildman–Crippen MR) is 106 cm³/mol. The first-order chi connectivity index (χ1) is 14.9. The number of carbonyl (C=O) groups excluding carboxylic acids is 1. The molecule has 3 rings (SSSR count). The zero-order valence-corrected chi connectivity index (χ0v) is 17.7. The number of nitro benzene ring substituents is 1. The molecule has 1 heterocycles. The summed E-state index contributed by atoms with van der Waals surface area (Å²) in [7, 11) is -4.64. The third kappa shape index (κ3) is 3.83. The van der Waals surface area contributed by atoms with Crippen LogP contribution in [0, 0.1) is 10.1 Å². The van der Waals surface area contributed by atoms with Crippen molar-refractivity contribution in [3.8, 4) is 0 Å². The Morgan fingerprint density at radius 1 is 1.22 bits per heavy atom. The number of likely N-dealkylation sites (tertiary alicyclic amines) is 1. The molecule has 0 saturated carbocycles. The summed E-state index contributed by atoms with van der Waals surface area (Å²) in [4.78, 5) is 34.2. The Kier molecular flexibility index (Phi) is 6.05. The van der Waals surface area contributed by atoms with Gasteiger partial charge in [0.2, 0.25) is 5.54 Å². The lowest BCUT2D eigenvalue weighted by molar-refractivity contribution is -0.915. The summed E-state index contributed by atoms with van der Waals surface area (Å²) in [6.07, 6.45) is -3.46. The van der Waals surface area contributed by atoms with E-state index in [-0.39, 0.29) is 19.5 Å². The molecule has 0 bridgehead atoms. The number of aliphatic carboxylic acids is 1. The highest BCUT2D eigenvalue weighted by molar-refractivity contribution is 7.86. The maximum atomic E-state index is 12.8. The van der Waals surface area contributed by atoms with Crippen LogP contribution in [0.2, 0.25) is 0 Å². The van der Waals surface area contributed by atoms with E-state index in [1.807, 2.05) is 0 Å². The zero-order chi connectivity index (χ0) is 23.7. The highest BCUT2D eigenvalue weighted by Crippen LogP contribution is 2.42. The minimum absolute atomic E-state index is 0.211. The zero-order valence-electron chi connectivity index (χ0n) is 16.9. The molecule has 1 aliphatic heterocycles. The molecule has 1 N–H and O–H groups in total. The van der Waals surface area contributed by atoms with Crippen LogP contribution >= 0.6 is 0 Å². The molecule has 3 atom stereocenters. The molecule has 0 spiro atoms. The van der Waals surface area contributed by atoms with Crippen LogP contribution in [0.1, 0.15) is 18.9 Å². The molecule has 0 aliphatic carbocycles. The van der Waals surface area contributed by atoms with Gasteiger partial charge in [-0.1, -0.05) is 36.4 Å². The van der Waals surface area contributed by atoms with Crippen LogP contribution in [-0.2, 0) is 25.6 Å². The van der Waals surface area contributed by atoms with Crippen molar-refractivity contribution in [2.45, 2.75) is 36.4 Å². The summed E-state index contributed by atoms with van der Waals surface area (Å²) < 4.78 is 29.7. The first-order valence-electron chi connectivity index (χ1n) is 9.48. The van der Waals surface area contributed by atoms with E-state index in [2.05, 4.69) is 0 Å². The minimum atomic E-state index is -4.64. The van der Waals surface area contributed by atoms with Gasteiger partial charge in [-0.25, -0.2) is 4.79 Å². The fraction of sp³-hybridized carbons (Fsp3) is 0.300. The summed E-state index contributed by atoms with van der Waals surface area (Å²) in [5.74, 6) is -1.57. The topological polar surface area (TPSA) is 164 Å². The lowest BCUT2D eigenvalue weighted by atomic mass is 9.93. The van der Waals surface area contributed by atoms with Crippen LogP contribution in [0.3, 0.4) is 0 Å². The summed E-state index contributed by atoms with van der Waals surface area (Å²) in [5.41, 5.74) is -2.19. The van der Waals surface area contributed by atoms with Crippen LogP contribution in [0.4, 0.5) is 10.5 Å². The predicted octanol–water partition coefficient (Wildman–Crippen LogP) is 1.28. The van der Waals surface area contributed by atoms with Crippen molar-refractivity contribution in [3.05, 3.63) is 70.3 Å². The molecule has 1 saturated heterocycles. The average molecular weight is 464 g/mol. The van der Waals surface area contributed by atoms with Crippen molar-refractivity contribution in [1.29, 1.82) is 0 Å². The molecule has 170 valence electrons. The highest BCUT2D eigenvalue weighted by Gasteiger charge is 2.66. The fourth-order valence-electron chi connectivity index (χ4n) is 4.03. The van der Waals surface area contributed by atoms with Gasteiger partial charge in [0.15, 0.2) is 0 Å². The number of carbonyl (C=O) groups is 2. The Balaban J connectivity index is 2.02. The van der Waals surface area contributed by atoms with Crippen molar-refractivity contribution < 1.29 is 41.8 Å². The van der Waals surface area contributed by atoms with Crippen molar-refractivity contribution in [1.82, 2.24) is 0 Å². The highest BCUT2D eigenvalue weighted by atomic mass is 32.2. The van der Waals surface area contributed by atoms with Gasteiger partial charge in [0.1, 0.15) is 17.5 Å². The third-order valence-electron chi connectivity index (χ3n) is 5.93. The number of carboxylic acid groups (broad SMARTS) is 2. The van der Waals surface area contributed by atoms with Crippen LogP contribution in [0.5, 0.6) is 0 Å². The molecular weight excluding hydrogens is 444 g/mol. The second-order valence-corrected chi connectivity index (χ2v) is 9.21. The van der Waals surface area contributed by atoms with Gasteiger partial charge in [-0.15, -0.1) is 0 Å². The number of benzene rings is 2. The summed E-state index contributed by atoms with van der Waals surface area (Å²) in [5, 5.41) is 33.3. The first kappa shape index (κ1) is 23.3. The molecule has 0 aromatic heterocycles. The monoisotopic (exact) mass is 464 g/mol. The van der Waals surface area contributed by atoms with Gasteiger partial charge in [0, 0.05) is 31.0 Å². The lowest BCUT2D eigenvalue weighted by Crippen LogP contribution is -2.71. The van der Waals surface area contributed by atoms with E-state index >= 15 is 0 Å². The van der Waals surface area contributed by atoms with E-state index in [0.717, 1.165) is 31.2 Å². The number of rotatable bonds is 7. The Morgan fingerprint density at radius 2 is 1.88 bits per heavy atom. The van der Waals surface area contributed by atoms with Crippen molar-refractivity contribution in [2.75, 3.05) is 6.54 Å². The number of nitrogens with zero attached hydrogens (tertiary/aromatic N) is 2. The van der Waals surface area contributed by atoms with Gasteiger partial charge in [-0.3, -0.25) is 18.8 Å². The van der Waals surface area contributed by atoms with Gasteiger partial charge < -0.3 is 15.0 Å². The summed E-state index contributed by atoms with van der Waals surface area (Å²) >= 11 is 0. The molecule has 1 unspecified atom stereocenters. The SMILES string of the molecule is C[C@@]1(C(=O)O)[C@@H](OS(=O)(=O)c2cccc([N+](=O)[O-])c2)CC[N+]1(Cc1ccccc1)C(=O)[O-]. The minimum Gasteiger partial charge on any atom is -0.498 e. The van der Waals surface area contributed by atoms with Crippen molar-refractivity contribution in [2.24, 2.45) is 0 Å². The van der Waals surface area contributed by atoms with E-state index in [0.29, 0.717) is 5.56 Å². The maximum Gasteiger partial charge on any atom is 0.368 e. The van der Waals surface area contributed by atoms with Crippen molar-refractivity contribution >= 4 is 27.9 Å². The van der Waals surface area contributed by atoms with Crippen LogP contribution in [0.15, 0.2) is 59.5 Å². The number of nitro groups is 1. The normalized spacial score (nSPS) is 25.3. The third-order valence-corrected chi connectivity index (χ3v) is 7.24. The van der Waals surface area contributed by atoms with Gasteiger partial charge in [-0.2, -0.15) is 8.42 Å². The second kappa shape index (κ2) is 8.30. The fourth-order valence-corrected chi connectivity index (χ4v) is 5.24. The Bertz CT molecular complexity index is 1170. The largest absolute Gasteiger partial charge is 0.498 e. The number of non-ortho nitro benzene ring substituents is 1. The smallest absolute Gasteiger partial charge is 0.368 e. The van der Waals surface area contributed by atoms with Crippen molar-refractivity contribution in [3.63, 3.8) is 0 Å². The molecule has 11 nitrogen and oxygen atoms in total. The maximum absolute atomic E-state index is 12.8. The standard InChI is InChI=1S/C20H20N2O9S/c1-20(18(23)24)17(31-32(29,30)16-9-5-8-15(12-16)21(27)28)10-11-22(20,19(25)26)13-14-6-3-2-4-7-14/h2-9,12,17H,10-11,13H2,1H3,(H-,23,24,25,26)/t17-,20-,22?/m0/s1. The van der Waals surface area contributed by atoms with E-state index in [1.165, 1.54) is 0 Å². The average Bonchev–Trinajstić information content (AvgIpc) is 3.02. The van der Waals surface area contributed by atoms with Gasteiger partial charge >= 0.3 is 5.97 Å². The molecule has 1 fully saturated rings. The Hall–Kier alpha value is -3.35. The van der Waals surface area contributed by atoms with Crippen LogP contribution < -0.4 is 5.11 Å². The molecule has 1 amide bonds. The van der Waals surface area contributed by atoms with Crippen LogP contribution in [0.25, 0.3) is 0 Å². The molecule has 32 heavy (non-hydrogen) atoms. The second-order valence-electron chi connectivity index (χ2n) is 7.64. The number of carboxylic acids is 1. The lowest BCUT2D eigenvalue weighted by Gasteiger charge is -2.45. The Labute approximate surface area is 183 Å². The van der Waals surface area contributed by atoms with Gasteiger partial charge in [-0.05, 0) is 6.07 Å². The molecule has 0 radical (unpaired) electrons. The summed E-state index contributed by atoms with van der Waals surface area (Å²) in [6.45, 7) is 0.590. The van der Waals surface area contributed by atoms with Crippen LogP contribution in [-0.4, -0.2) is 53.2 Å². The quantitative estimate of drug-likeness (QED) is 0.275. The molecule has 1 aliphatic rings. The molecular formula is C20H20N2O9S. The van der Waals surface area contributed by atoms with E-state index in [4.69, 9.17) is 4.18 Å². The van der Waals surface area contributed by atoms with E-state index in [9.17, 15) is 38.3 Å². The van der Waals surface area contributed by atoms with Gasteiger partial charge in [0.05, 0.1) is 11.5 Å². The van der Waals surface area contributed by atoms with Gasteiger partial charge in [0.25, 0.3) is 21.9 Å².